The van der Waals surface area contributed by atoms with Gasteiger partial charge in [0.1, 0.15) is 6.10 Å². The molecule has 1 aromatic carbocycles. The van der Waals surface area contributed by atoms with Gasteiger partial charge in [-0.25, -0.2) is 0 Å². The van der Waals surface area contributed by atoms with Gasteiger partial charge in [0.15, 0.2) is 0 Å². The monoisotopic (exact) mass is 248 g/mol. The highest BCUT2D eigenvalue weighted by molar-refractivity contribution is 5.94. The van der Waals surface area contributed by atoms with Gasteiger partial charge in [0.2, 0.25) is 0 Å². The molecule has 0 aliphatic carbocycles. The molecule has 4 nitrogen and oxygen atoms in total. The lowest BCUT2D eigenvalue weighted by Crippen LogP contribution is -2.31. The van der Waals surface area contributed by atoms with E-state index in [0.717, 1.165) is 17.7 Å². The fourth-order valence-corrected chi connectivity index (χ4v) is 2.11. The summed E-state index contributed by atoms with van der Waals surface area (Å²) in [5.74, 6) is 0.224. The molecule has 0 bridgehead atoms. The number of nitrogens with one attached hydrogen (secondary N) is 1. The SMILES string of the molecule is CC(N)c1ccc(NC(=O)C2OCCC2C)cc1. The number of ether oxygens (including phenoxy) is 1. The van der Waals surface area contributed by atoms with Crippen LogP contribution in [0.15, 0.2) is 24.3 Å². The molecule has 3 unspecified atom stereocenters. The summed E-state index contributed by atoms with van der Waals surface area (Å²) in [7, 11) is 0. The van der Waals surface area contributed by atoms with E-state index >= 15 is 0 Å². The van der Waals surface area contributed by atoms with Gasteiger partial charge in [-0.3, -0.25) is 4.79 Å². The Bertz CT molecular complexity index is 414. The van der Waals surface area contributed by atoms with Crippen molar-refractivity contribution in [2.45, 2.75) is 32.4 Å². The van der Waals surface area contributed by atoms with E-state index in [1.54, 1.807) is 0 Å². The van der Waals surface area contributed by atoms with E-state index in [-0.39, 0.29) is 24.0 Å². The predicted octanol–water partition coefficient (Wildman–Crippen LogP) is 2.07. The van der Waals surface area contributed by atoms with E-state index < -0.39 is 0 Å². The molecule has 1 heterocycles. The number of amides is 1. The maximum atomic E-state index is 12.0. The van der Waals surface area contributed by atoms with Gasteiger partial charge in [-0.05, 0) is 37.0 Å². The second kappa shape index (κ2) is 5.50. The Morgan fingerprint density at radius 3 is 2.61 bits per heavy atom. The molecule has 3 N–H and O–H groups in total. The van der Waals surface area contributed by atoms with E-state index in [0.29, 0.717) is 6.61 Å². The summed E-state index contributed by atoms with van der Waals surface area (Å²) in [5, 5.41) is 2.88. The quantitative estimate of drug-likeness (QED) is 0.860. The third-order valence-electron chi connectivity index (χ3n) is 3.35. The molecule has 18 heavy (non-hydrogen) atoms. The lowest BCUT2D eigenvalue weighted by molar-refractivity contribution is -0.126. The van der Waals surface area contributed by atoms with Gasteiger partial charge in [-0.2, -0.15) is 0 Å². The summed E-state index contributed by atoms with van der Waals surface area (Å²) >= 11 is 0. The maximum absolute atomic E-state index is 12.0. The normalized spacial score (nSPS) is 24.8. The van der Waals surface area contributed by atoms with E-state index in [1.165, 1.54) is 0 Å². The topological polar surface area (TPSA) is 64.3 Å². The minimum Gasteiger partial charge on any atom is -0.368 e. The molecule has 0 radical (unpaired) electrons. The van der Waals surface area contributed by atoms with Crippen molar-refractivity contribution in [3.63, 3.8) is 0 Å². The molecule has 0 saturated carbocycles. The number of carbonyl (C=O) groups is 1. The molecule has 2 rings (SSSR count). The lowest BCUT2D eigenvalue weighted by atomic mass is 10.0. The highest BCUT2D eigenvalue weighted by Crippen LogP contribution is 2.22. The van der Waals surface area contributed by atoms with Crippen molar-refractivity contribution in [3.05, 3.63) is 29.8 Å². The standard InChI is InChI=1S/C14H20N2O2/c1-9-7-8-18-13(9)14(17)16-12-5-3-11(4-6-12)10(2)15/h3-6,9-10,13H,7-8,15H2,1-2H3,(H,16,17). The number of nitrogens with two attached hydrogens (primary N) is 1. The molecular weight excluding hydrogens is 228 g/mol. The van der Waals surface area contributed by atoms with Crippen molar-refractivity contribution in [2.24, 2.45) is 11.7 Å². The van der Waals surface area contributed by atoms with Gasteiger partial charge in [0.05, 0.1) is 0 Å². The Labute approximate surface area is 108 Å². The second-order valence-electron chi connectivity index (χ2n) is 4.96. The smallest absolute Gasteiger partial charge is 0.253 e. The molecule has 1 aromatic rings. The van der Waals surface area contributed by atoms with Crippen LogP contribution >= 0.6 is 0 Å². The first-order valence-corrected chi connectivity index (χ1v) is 6.36. The van der Waals surface area contributed by atoms with Crippen LogP contribution in [0.2, 0.25) is 0 Å². The summed E-state index contributed by atoms with van der Waals surface area (Å²) in [6, 6.07) is 7.61. The van der Waals surface area contributed by atoms with Gasteiger partial charge in [-0.1, -0.05) is 19.1 Å². The first-order chi connectivity index (χ1) is 8.58. The third kappa shape index (κ3) is 2.89. The molecule has 3 atom stereocenters. The first kappa shape index (κ1) is 13.1. The molecule has 1 fully saturated rings. The zero-order valence-corrected chi connectivity index (χ0v) is 10.8. The van der Waals surface area contributed by atoms with Crippen LogP contribution in [-0.2, 0) is 9.53 Å². The number of carbonyl (C=O) groups excluding carboxylic acids is 1. The maximum Gasteiger partial charge on any atom is 0.253 e. The van der Waals surface area contributed by atoms with Crippen molar-refractivity contribution < 1.29 is 9.53 Å². The largest absolute Gasteiger partial charge is 0.368 e. The van der Waals surface area contributed by atoms with Crippen LogP contribution in [0.4, 0.5) is 5.69 Å². The van der Waals surface area contributed by atoms with Gasteiger partial charge in [-0.15, -0.1) is 0 Å². The van der Waals surface area contributed by atoms with Gasteiger partial charge < -0.3 is 15.8 Å². The second-order valence-corrected chi connectivity index (χ2v) is 4.96. The van der Waals surface area contributed by atoms with Crippen LogP contribution in [0.25, 0.3) is 0 Å². The molecule has 4 heteroatoms. The van der Waals surface area contributed by atoms with Gasteiger partial charge in [0, 0.05) is 18.3 Å². The number of hydrogen-bond acceptors (Lipinski definition) is 3. The van der Waals surface area contributed by atoms with E-state index in [4.69, 9.17) is 10.5 Å². The zero-order chi connectivity index (χ0) is 13.1. The Balaban J connectivity index is 1.98. The van der Waals surface area contributed by atoms with Crippen molar-refractivity contribution in [3.8, 4) is 0 Å². The van der Waals surface area contributed by atoms with E-state index in [9.17, 15) is 4.79 Å². The number of hydrogen-bond donors (Lipinski definition) is 2. The highest BCUT2D eigenvalue weighted by Gasteiger charge is 2.30. The van der Waals surface area contributed by atoms with Crippen molar-refractivity contribution in [1.82, 2.24) is 0 Å². The fraction of sp³-hybridized carbons (Fsp3) is 0.500. The first-order valence-electron chi connectivity index (χ1n) is 6.36. The number of rotatable bonds is 3. The molecule has 0 aromatic heterocycles. The third-order valence-corrected chi connectivity index (χ3v) is 3.35. The predicted molar refractivity (Wildman–Crippen MR) is 71.2 cm³/mol. The van der Waals surface area contributed by atoms with Gasteiger partial charge >= 0.3 is 0 Å². The Kier molecular flexibility index (Phi) is 3.99. The summed E-state index contributed by atoms with van der Waals surface area (Å²) in [6.45, 7) is 4.64. The summed E-state index contributed by atoms with van der Waals surface area (Å²) in [6.07, 6.45) is 0.625. The minimum absolute atomic E-state index is 0.00735. The fourth-order valence-electron chi connectivity index (χ4n) is 2.11. The minimum atomic E-state index is -0.321. The Morgan fingerprint density at radius 2 is 2.11 bits per heavy atom. The van der Waals surface area contributed by atoms with Crippen LogP contribution in [0.1, 0.15) is 31.9 Å². The molecule has 1 amide bonds. The number of benzene rings is 1. The van der Waals surface area contributed by atoms with Crippen LogP contribution < -0.4 is 11.1 Å². The number of anilines is 1. The van der Waals surface area contributed by atoms with E-state index in [1.807, 2.05) is 38.1 Å². The highest BCUT2D eigenvalue weighted by atomic mass is 16.5. The van der Waals surface area contributed by atoms with Crippen molar-refractivity contribution >= 4 is 11.6 Å². The summed E-state index contributed by atoms with van der Waals surface area (Å²) in [5.41, 5.74) is 7.61. The summed E-state index contributed by atoms with van der Waals surface area (Å²) in [4.78, 5) is 12.0. The van der Waals surface area contributed by atoms with Gasteiger partial charge in [0.25, 0.3) is 5.91 Å². The Hall–Kier alpha value is -1.39. The van der Waals surface area contributed by atoms with Crippen LogP contribution in [-0.4, -0.2) is 18.6 Å². The summed E-state index contributed by atoms with van der Waals surface area (Å²) < 4.78 is 5.43. The van der Waals surface area contributed by atoms with Crippen molar-refractivity contribution in [1.29, 1.82) is 0 Å². The molecule has 0 spiro atoms. The molecule has 98 valence electrons. The average Bonchev–Trinajstić information content (AvgIpc) is 2.76. The molecule has 1 saturated heterocycles. The molecular formula is C14H20N2O2. The lowest BCUT2D eigenvalue weighted by Gasteiger charge is -2.15. The molecule has 1 aliphatic rings. The average molecular weight is 248 g/mol. The molecule has 1 aliphatic heterocycles. The van der Waals surface area contributed by atoms with E-state index in [2.05, 4.69) is 5.32 Å². The van der Waals surface area contributed by atoms with Crippen molar-refractivity contribution in [2.75, 3.05) is 11.9 Å². The van der Waals surface area contributed by atoms with Crippen LogP contribution in [0.5, 0.6) is 0 Å². The zero-order valence-electron chi connectivity index (χ0n) is 10.8. The van der Waals surface area contributed by atoms with Crippen LogP contribution in [0.3, 0.4) is 0 Å². The Morgan fingerprint density at radius 1 is 1.44 bits per heavy atom. The van der Waals surface area contributed by atoms with Crippen LogP contribution in [0, 0.1) is 5.92 Å².